The van der Waals surface area contributed by atoms with Crippen LogP contribution in [0.25, 0.3) is 0 Å². The number of ether oxygens (including phenoxy) is 1. The first-order valence-electron chi connectivity index (χ1n) is 5.49. The predicted octanol–water partition coefficient (Wildman–Crippen LogP) is 4.95. The van der Waals surface area contributed by atoms with Gasteiger partial charge in [0.25, 0.3) is 0 Å². The zero-order valence-corrected chi connectivity index (χ0v) is 13.1. The molecule has 0 saturated carbocycles. The lowest BCUT2D eigenvalue weighted by molar-refractivity contribution is 0.206. The lowest BCUT2D eigenvalue weighted by Gasteiger charge is -2.26. The maximum atomic E-state index is 5.31. The first-order valence-corrected chi connectivity index (χ1v) is 7.08. The molecule has 2 aromatic rings. The largest absolute Gasteiger partial charge is 0.364 e. The molecule has 0 heterocycles. The first-order chi connectivity index (χ1) is 8.74. The summed E-state index contributed by atoms with van der Waals surface area (Å²) in [6.07, 6.45) is 0. The van der Waals surface area contributed by atoms with E-state index in [2.05, 4.69) is 48.9 Å². The molecule has 2 nitrogen and oxygen atoms in total. The summed E-state index contributed by atoms with van der Waals surface area (Å²) in [4.78, 5) is 2.11. The van der Waals surface area contributed by atoms with Gasteiger partial charge in [-0.25, -0.2) is 0 Å². The molecule has 0 radical (unpaired) electrons. The van der Waals surface area contributed by atoms with Crippen molar-refractivity contribution in [3.8, 4) is 0 Å². The molecule has 0 bridgehead atoms. The van der Waals surface area contributed by atoms with Gasteiger partial charge in [-0.15, -0.1) is 0 Å². The van der Waals surface area contributed by atoms with Crippen LogP contribution in [0.2, 0.25) is 0 Å². The Hall–Kier alpha value is -0.840. The highest BCUT2D eigenvalue weighted by atomic mass is 79.9. The van der Waals surface area contributed by atoms with Gasteiger partial charge in [-0.05, 0) is 56.1 Å². The molecule has 0 aromatic heterocycles. The lowest BCUT2D eigenvalue weighted by atomic mass is 10.2. The van der Waals surface area contributed by atoms with Crippen molar-refractivity contribution in [1.29, 1.82) is 0 Å². The van der Waals surface area contributed by atoms with Crippen LogP contribution in [0.4, 0.5) is 11.4 Å². The number of benzene rings is 2. The van der Waals surface area contributed by atoms with Gasteiger partial charge in [0.2, 0.25) is 0 Å². The fourth-order valence-electron chi connectivity index (χ4n) is 1.74. The van der Waals surface area contributed by atoms with Crippen LogP contribution < -0.4 is 4.90 Å². The van der Waals surface area contributed by atoms with Crippen LogP contribution in [-0.2, 0) is 4.74 Å². The van der Waals surface area contributed by atoms with E-state index in [0.29, 0.717) is 6.73 Å². The van der Waals surface area contributed by atoms with E-state index in [9.17, 15) is 0 Å². The molecular weight excluding hydrogens is 358 g/mol. The van der Waals surface area contributed by atoms with Crippen LogP contribution in [0.5, 0.6) is 0 Å². The van der Waals surface area contributed by atoms with Gasteiger partial charge in [0.05, 0.1) is 11.4 Å². The van der Waals surface area contributed by atoms with Crippen molar-refractivity contribution in [3.63, 3.8) is 0 Å². The number of anilines is 2. The van der Waals surface area contributed by atoms with E-state index in [0.717, 1.165) is 20.3 Å². The van der Waals surface area contributed by atoms with Gasteiger partial charge in [0.1, 0.15) is 6.73 Å². The van der Waals surface area contributed by atoms with Gasteiger partial charge in [-0.2, -0.15) is 0 Å². The summed E-state index contributed by atoms with van der Waals surface area (Å²) in [6, 6.07) is 16.2. The number of hydrogen-bond acceptors (Lipinski definition) is 2. The van der Waals surface area contributed by atoms with Gasteiger partial charge in [-0.1, -0.05) is 24.3 Å². The van der Waals surface area contributed by atoms with Gasteiger partial charge in [0, 0.05) is 16.1 Å². The van der Waals surface area contributed by atoms with E-state index in [1.165, 1.54) is 0 Å². The normalized spacial score (nSPS) is 10.4. The number of methoxy groups -OCH3 is 1. The second-order valence-corrected chi connectivity index (χ2v) is 5.46. The highest BCUT2D eigenvalue weighted by Gasteiger charge is 2.13. The minimum absolute atomic E-state index is 0.491. The average molecular weight is 371 g/mol. The van der Waals surface area contributed by atoms with Crippen molar-refractivity contribution in [1.82, 2.24) is 0 Å². The number of hydrogen-bond donors (Lipinski definition) is 0. The second kappa shape index (κ2) is 6.36. The van der Waals surface area contributed by atoms with E-state index in [4.69, 9.17) is 4.74 Å². The molecule has 0 N–H and O–H groups in total. The molecule has 0 unspecified atom stereocenters. The van der Waals surface area contributed by atoms with E-state index < -0.39 is 0 Å². The lowest BCUT2D eigenvalue weighted by Crippen LogP contribution is -2.20. The SMILES string of the molecule is COCN(c1ccccc1Br)c1ccccc1Br. The third kappa shape index (κ3) is 2.94. The van der Waals surface area contributed by atoms with Crippen molar-refractivity contribution in [2.75, 3.05) is 18.7 Å². The maximum absolute atomic E-state index is 5.31. The summed E-state index contributed by atoms with van der Waals surface area (Å²) >= 11 is 7.15. The molecule has 0 amide bonds. The summed E-state index contributed by atoms with van der Waals surface area (Å²) in [5.74, 6) is 0. The highest BCUT2D eigenvalue weighted by molar-refractivity contribution is 9.11. The zero-order valence-electron chi connectivity index (χ0n) is 9.94. The fourth-order valence-corrected chi connectivity index (χ4v) is 2.74. The Morgan fingerprint density at radius 3 is 1.72 bits per heavy atom. The number of rotatable bonds is 4. The summed E-state index contributed by atoms with van der Waals surface area (Å²) in [5.41, 5.74) is 2.15. The van der Waals surface area contributed by atoms with Gasteiger partial charge >= 0.3 is 0 Å². The Bertz CT molecular complexity index is 485. The average Bonchev–Trinajstić information content (AvgIpc) is 2.38. The van der Waals surface area contributed by atoms with Crippen LogP contribution in [0.1, 0.15) is 0 Å². The third-order valence-electron chi connectivity index (χ3n) is 2.54. The Balaban J connectivity index is 2.47. The molecular formula is C14H13Br2NO. The molecule has 2 aromatic carbocycles. The van der Waals surface area contributed by atoms with E-state index in [1.54, 1.807) is 7.11 Å². The van der Waals surface area contributed by atoms with Crippen LogP contribution >= 0.6 is 31.9 Å². The molecule has 18 heavy (non-hydrogen) atoms. The molecule has 0 aliphatic carbocycles. The summed E-state index contributed by atoms with van der Waals surface area (Å²) in [5, 5.41) is 0. The Morgan fingerprint density at radius 2 is 1.33 bits per heavy atom. The fraction of sp³-hybridized carbons (Fsp3) is 0.143. The van der Waals surface area contributed by atoms with Gasteiger partial charge < -0.3 is 9.64 Å². The smallest absolute Gasteiger partial charge is 0.123 e. The van der Waals surface area contributed by atoms with Crippen LogP contribution in [0, 0.1) is 0 Å². The van der Waals surface area contributed by atoms with Gasteiger partial charge in [0.15, 0.2) is 0 Å². The standard InChI is InChI=1S/C14H13Br2NO/c1-18-10-17(13-8-4-2-6-11(13)15)14-9-5-3-7-12(14)16/h2-9H,10H2,1H3. The molecule has 4 heteroatoms. The van der Waals surface area contributed by atoms with E-state index in [-0.39, 0.29) is 0 Å². The molecule has 0 fully saturated rings. The summed E-state index contributed by atoms with van der Waals surface area (Å²) in [7, 11) is 1.70. The van der Waals surface area contributed by atoms with Crippen LogP contribution in [-0.4, -0.2) is 13.8 Å². The third-order valence-corrected chi connectivity index (χ3v) is 3.89. The Kier molecular flexibility index (Phi) is 4.80. The minimum atomic E-state index is 0.491. The topological polar surface area (TPSA) is 12.5 Å². The molecule has 0 spiro atoms. The van der Waals surface area contributed by atoms with Crippen LogP contribution in [0.3, 0.4) is 0 Å². The Morgan fingerprint density at radius 1 is 0.889 bits per heavy atom. The summed E-state index contributed by atoms with van der Waals surface area (Å²) in [6.45, 7) is 0.491. The second-order valence-electron chi connectivity index (χ2n) is 3.75. The molecule has 0 aliphatic heterocycles. The summed E-state index contributed by atoms with van der Waals surface area (Å²) < 4.78 is 7.39. The predicted molar refractivity (Wildman–Crippen MR) is 82.3 cm³/mol. The van der Waals surface area contributed by atoms with E-state index in [1.807, 2.05) is 36.4 Å². The molecule has 0 aliphatic rings. The van der Waals surface area contributed by atoms with Crippen molar-refractivity contribution in [3.05, 3.63) is 57.5 Å². The molecule has 94 valence electrons. The molecule has 2 rings (SSSR count). The van der Waals surface area contributed by atoms with E-state index >= 15 is 0 Å². The number of nitrogens with zero attached hydrogens (tertiary/aromatic N) is 1. The quantitative estimate of drug-likeness (QED) is 0.705. The van der Waals surface area contributed by atoms with Crippen molar-refractivity contribution >= 4 is 43.2 Å². The molecule has 0 saturated heterocycles. The first kappa shape index (κ1) is 13.6. The zero-order chi connectivity index (χ0) is 13.0. The Labute approximate surface area is 124 Å². The number of halogens is 2. The van der Waals surface area contributed by atoms with Crippen molar-refractivity contribution in [2.45, 2.75) is 0 Å². The number of para-hydroxylation sites is 2. The highest BCUT2D eigenvalue weighted by Crippen LogP contribution is 2.35. The van der Waals surface area contributed by atoms with Crippen molar-refractivity contribution in [2.24, 2.45) is 0 Å². The minimum Gasteiger partial charge on any atom is -0.364 e. The molecule has 0 atom stereocenters. The van der Waals surface area contributed by atoms with Crippen molar-refractivity contribution < 1.29 is 4.74 Å². The monoisotopic (exact) mass is 369 g/mol. The van der Waals surface area contributed by atoms with Gasteiger partial charge in [-0.3, -0.25) is 0 Å². The van der Waals surface area contributed by atoms with Crippen LogP contribution in [0.15, 0.2) is 57.5 Å². The maximum Gasteiger partial charge on any atom is 0.123 e.